The van der Waals surface area contributed by atoms with Crippen LogP contribution < -0.4 is 0 Å². The molecule has 5 atom stereocenters. The van der Waals surface area contributed by atoms with Gasteiger partial charge in [-0.2, -0.15) is 0 Å². The molecule has 0 saturated carbocycles. The van der Waals surface area contributed by atoms with Gasteiger partial charge in [0.25, 0.3) is 0 Å². The predicted octanol–water partition coefficient (Wildman–Crippen LogP) is 2.10. The Hall–Kier alpha value is -1.50. The van der Waals surface area contributed by atoms with Gasteiger partial charge in [-0.05, 0) is 31.5 Å². The summed E-state index contributed by atoms with van der Waals surface area (Å²) in [6, 6.07) is 6.13. The molecule has 6 heteroatoms. The number of carbonyl (C=O) groups excluding carboxylic acids is 1. The average molecular weight is 308 g/mol. The molecule has 0 spiro atoms. The zero-order valence-electron chi connectivity index (χ0n) is 12.3. The molecule has 0 bridgehead atoms. The second kappa shape index (κ2) is 4.75. The third-order valence-electron chi connectivity index (χ3n) is 4.38. The zero-order chi connectivity index (χ0) is 15.5. The number of carbonyl (C=O) groups is 1. The van der Waals surface area contributed by atoms with Gasteiger partial charge in [-0.3, -0.25) is 4.79 Å². The number of benzene rings is 1. The molecule has 3 fully saturated rings. The maximum absolute atomic E-state index is 13.1. The van der Waals surface area contributed by atoms with E-state index in [0.29, 0.717) is 0 Å². The van der Waals surface area contributed by atoms with Crippen molar-refractivity contribution in [3.05, 3.63) is 35.6 Å². The van der Waals surface area contributed by atoms with Crippen LogP contribution in [0.4, 0.5) is 4.39 Å². The van der Waals surface area contributed by atoms with Crippen molar-refractivity contribution >= 4 is 5.97 Å². The summed E-state index contributed by atoms with van der Waals surface area (Å²) in [5.74, 6) is -1.55. The summed E-state index contributed by atoms with van der Waals surface area (Å²) in [6.07, 6.45) is -1.60. The van der Waals surface area contributed by atoms with Gasteiger partial charge in [-0.25, -0.2) is 4.39 Å². The summed E-state index contributed by atoms with van der Waals surface area (Å²) in [6.45, 7) is 3.59. The van der Waals surface area contributed by atoms with Gasteiger partial charge in [0.05, 0.1) is 6.42 Å². The van der Waals surface area contributed by atoms with Crippen molar-refractivity contribution in [3.8, 4) is 0 Å². The minimum Gasteiger partial charge on any atom is -0.457 e. The van der Waals surface area contributed by atoms with Crippen molar-refractivity contribution in [3.63, 3.8) is 0 Å². The van der Waals surface area contributed by atoms with E-state index >= 15 is 0 Å². The van der Waals surface area contributed by atoms with Crippen molar-refractivity contribution in [2.75, 3.05) is 0 Å². The maximum atomic E-state index is 13.1. The molecule has 1 aromatic rings. The van der Waals surface area contributed by atoms with Crippen molar-refractivity contribution in [2.24, 2.45) is 0 Å². The Labute approximate surface area is 127 Å². The minimum absolute atomic E-state index is 0.187. The zero-order valence-corrected chi connectivity index (χ0v) is 12.3. The Kier molecular flexibility index (Phi) is 3.04. The van der Waals surface area contributed by atoms with Gasteiger partial charge < -0.3 is 18.9 Å². The second-order valence-electron chi connectivity index (χ2n) is 6.39. The first-order valence-corrected chi connectivity index (χ1v) is 7.39. The molecule has 0 aromatic heterocycles. The summed E-state index contributed by atoms with van der Waals surface area (Å²) in [7, 11) is 0. The Morgan fingerprint density at radius 2 is 1.82 bits per heavy atom. The van der Waals surface area contributed by atoms with E-state index in [2.05, 4.69) is 0 Å². The number of esters is 1. The molecular weight excluding hydrogens is 291 g/mol. The SMILES string of the molecule is CC1(C)O[C@H]2O[C@H]3[C@H](OC(=O)C[C@@H]3c3ccc(F)cc3)[C@H]2O1. The monoisotopic (exact) mass is 308 g/mol. The van der Waals surface area contributed by atoms with E-state index in [9.17, 15) is 9.18 Å². The number of ether oxygens (including phenoxy) is 4. The van der Waals surface area contributed by atoms with E-state index in [1.165, 1.54) is 12.1 Å². The molecule has 118 valence electrons. The highest BCUT2D eigenvalue weighted by Gasteiger charge is 2.60. The van der Waals surface area contributed by atoms with E-state index < -0.39 is 24.3 Å². The maximum Gasteiger partial charge on any atom is 0.306 e. The summed E-state index contributed by atoms with van der Waals surface area (Å²) >= 11 is 0. The number of hydrogen-bond acceptors (Lipinski definition) is 5. The average Bonchev–Trinajstić information content (AvgIpc) is 2.91. The normalized spacial score (nSPS) is 39.2. The van der Waals surface area contributed by atoms with Crippen LogP contribution in [0.1, 0.15) is 31.7 Å². The van der Waals surface area contributed by atoms with Gasteiger partial charge in [-0.15, -0.1) is 0 Å². The lowest BCUT2D eigenvalue weighted by atomic mass is 9.85. The minimum atomic E-state index is -0.754. The van der Waals surface area contributed by atoms with Gasteiger partial charge >= 0.3 is 5.97 Å². The fraction of sp³-hybridized carbons (Fsp3) is 0.562. The summed E-state index contributed by atoms with van der Waals surface area (Å²) in [5.41, 5.74) is 0.854. The highest BCUT2D eigenvalue weighted by atomic mass is 19.1. The quantitative estimate of drug-likeness (QED) is 0.744. The molecule has 5 nitrogen and oxygen atoms in total. The van der Waals surface area contributed by atoms with Crippen LogP contribution in [0, 0.1) is 5.82 Å². The number of fused-ring (bicyclic) bond motifs is 3. The van der Waals surface area contributed by atoms with Crippen LogP contribution in [0.25, 0.3) is 0 Å². The first kappa shape index (κ1) is 14.1. The van der Waals surface area contributed by atoms with Crippen LogP contribution in [-0.2, 0) is 23.7 Å². The Morgan fingerprint density at radius 3 is 2.55 bits per heavy atom. The first-order chi connectivity index (χ1) is 10.4. The van der Waals surface area contributed by atoms with Crippen LogP contribution in [0.3, 0.4) is 0 Å². The Balaban J connectivity index is 1.63. The highest BCUT2D eigenvalue weighted by molar-refractivity contribution is 5.72. The third-order valence-corrected chi connectivity index (χ3v) is 4.38. The molecule has 0 radical (unpaired) electrons. The summed E-state index contributed by atoms with van der Waals surface area (Å²) < 4.78 is 36.0. The number of rotatable bonds is 1. The van der Waals surface area contributed by atoms with E-state index in [1.807, 2.05) is 0 Å². The van der Waals surface area contributed by atoms with Gasteiger partial charge in [0.1, 0.15) is 11.9 Å². The van der Waals surface area contributed by atoms with E-state index in [-0.39, 0.29) is 30.2 Å². The lowest BCUT2D eigenvalue weighted by Gasteiger charge is -2.34. The molecule has 0 aliphatic carbocycles. The Morgan fingerprint density at radius 1 is 1.09 bits per heavy atom. The molecule has 3 aliphatic rings. The highest BCUT2D eigenvalue weighted by Crippen LogP contribution is 2.46. The number of hydrogen-bond donors (Lipinski definition) is 0. The largest absolute Gasteiger partial charge is 0.457 e. The molecule has 3 aliphatic heterocycles. The fourth-order valence-electron chi connectivity index (χ4n) is 3.48. The van der Waals surface area contributed by atoms with Gasteiger partial charge in [0.2, 0.25) is 0 Å². The van der Waals surface area contributed by atoms with Gasteiger partial charge in [-0.1, -0.05) is 12.1 Å². The molecule has 4 rings (SSSR count). The lowest BCUT2D eigenvalue weighted by molar-refractivity contribution is -0.227. The molecule has 3 heterocycles. The van der Waals surface area contributed by atoms with Crippen molar-refractivity contribution < 1.29 is 28.1 Å². The Bertz CT molecular complexity index is 599. The summed E-state index contributed by atoms with van der Waals surface area (Å²) in [4.78, 5) is 12.0. The number of halogens is 1. The van der Waals surface area contributed by atoms with Crippen LogP contribution >= 0.6 is 0 Å². The summed E-state index contributed by atoms with van der Waals surface area (Å²) in [5, 5.41) is 0. The molecule has 1 aromatic carbocycles. The van der Waals surface area contributed by atoms with Crippen LogP contribution in [0.2, 0.25) is 0 Å². The topological polar surface area (TPSA) is 54.0 Å². The molecule has 22 heavy (non-hydrogen) atoms. The fourth-order valence-corrected chi connectivity index (χ4v) is 3.48. The molecular formula is C16H17FO5. The smallest absolute Gasteiger partial charge is 0.306 e. The molecule has 3 saturated heterocycles. The van der Waals surface area contributed by atoms with Crippen molar-refractivity contribution in [2.45, 2.75) is 56.6 Å². The predicted molar refractivity (Wildman–Crippen MR) is 72.3 cm³/mol. The first-order valence-electron chi connectivity index (χ1n) is 7.39. The van der Waals surface area contributed by atoms with Crippen molar-refractivity contribution in [1.29, 1.82) is 0 Å². The van der Waals surface area contributed by atoms with Crippen molar-refractivity contribution in [1.82, 2.24) is 0 Å². The molecule has 0 N–H and O–H groups in total. The second-order valence-corrected chi connectivity index (χ2v) is 6.39. The molecule has 0 unspecified atom stereocenters. The van der Waals surface area contributed by atoms with E-state index in [1.54, 1.807) is 26.0 Å². The van der Waals surface area contributed by atoms with E-state index in [0.717, 1.165) is 5.56 Å². The molecule has 0 amide bonds. The standard InChI is InChI=1S/C16H17FO5/c1-16(2)21-14-13-12(20-15(14)22-16)10(7-11(18)19-13)8-3-5-9(17)6-4-8/h3-6,10,12-15H,7H2,1-2H3/t10-,12-,13+,14-,15-/m1/s1. The lowest BCUT2D eigenvalue weighted by Crippen LogP contribution is -2.45. The van der Waals surface area contributed by atoms with Gasteiger partial charge in [0.15, 0.2) is 24.3 Å². The van der Waals surface area contributed by atoms with Crippen LogP contribution in [-0.4, -0.2) is 36.4 Å². The van der Waals surface area contributed by atoms with Gasteiger partial charge in [0, 0.05) is 5.92 Å². The van der Waals surface area contributed by atoms with Crippen LogP contribution in [0.5, 0.6) is 0 Å². The third kappa shape index (κ3) is 2.22. The van der Waals surface area contributed by atoms with Crippen LogP contribution in [0.15, 0.2) is 24.3 Å². The van der Waals surface area contributed by atoms with E-state index in [4.69, 9.17) is 18.9 Å².